The summed E-state index contributed by atoms with van der Waals surface area (Å²) in [6, 6.07) is -0.705. The van der Waals surface area contributed by atoms with Crippen molar-refractivity contribution >= 4 is 29.7 Å². The first-order chi connectivity index (χ1) is 8.58. The smallest absolute Gasteiger partial charge is 0.327 e. The van der Waals surface area contributed by atoms with E-state index in [2.05, 4.69) is 4.98 Å². The van der Waals surface area contributed by atoms with Gasteiger partial charge in [-0.25, -0.2) is 9.78 Å². The van der Waals surface area contributed by atoms with Crippen LogP contribution in [0.25, 0.3) is 6.08 Å². The lowest BCUT2D eigenvalue weighted by atomic mass is 10.0. The molecule has 2 atom stereocenters. The molecule has 18 heavy (non-hydrogen) atoms. The molecule has 1 aromatic heterocycles. The van der Waals surface area contributed by atoms with Crippen LogP contribution in [0, 0.1) is 6.92 Å². The molecule has 2 aliphatic heterocycles. The SMILES string of the molecule is Cc1nc(C=C2C(=O)N3C(C(=O)O)CS[C@H]23)co1. The molecular formula is C11H10N2O4S. The Morgan fingerprint density at radius 1 is 1.72 bits per heavy atom. The minimum absolute atomic E-state index is 0.157. The Morgan fingerprint density at radius 3 is 3.11 bits per heavy atom. The number of thioether (sulfide) groups is 1. The molecule has 0 aromatic carbocycles. The van der Waals surface area contributed by atoms with Crippen LogP contribution >= 0.6 is 11.8 Å². The number of carbonyl (C=O) groups excluding carboxylic acids is 1. The number of amides is 1. The summed E-state index contributed by atoms with van der Waals surface area (Å²) in [4.78, 5) is 28.3. The van der Waals surface area contributed by atoms with Crippen molar-refractivity contribution in [3.05, 3.63) is 23.4 Å². The second-order valence-electron chi connectivity index (χ2n) is 4.14. The number of aromatic nitrogens is 1. The maximum absolute atomic E-state index is 11.9. The van der Waals surface area contributed by atoms with E-state index in [1.54, 1.807) is 13.0 Å². The average Bonchev–Trinajstić information content (AvgIpc) is 2.89. The Balaban J connectivity index is 1.84. The van der Waals surface area contributed by atoms with E-state index in [0.29, 0.717) is 22.9 Å². The minimum atomic E-state index is -0.949. The number of nitrogens with zero attached hydrogens (tertiary/aromatic N) is 2. The van der Waals surface area contributed by atoms with Gasteiger partial charge in [0.2, 0.25) is 0 Å². The van der Waals surface area contributed by atoms with Crippen molar-refractivity contribution in [1.82, 2.24) is 9.88 Å². The Morgan fingerprint density at radius 2 is 2.50 bits per heavy atom. The summed E-state index contributed by atoms with van der Waals surface area (Å²) in [5.41, 5.74) is 1.19. The summed E-state index contributed by atoms with van der Waals surface area (Å²) >= 11 is 1.46. The highest BCUT2D eigenvalue weighted by atomic mass is 32.2. The molecule has 1 N–H and O–H groups in total. The van der Waals surface area contributed by atoms with Crippen molar-refractivity contribution in [1.29, 1.82) is 0 Å². The highest BCUT2D eigenvalue weighted by Crippen LogP contribution is 2.43. The van der Waals surface area contributed by atoms with E-state index in [1.165, 1.54) is 22.9 Å². The maximum Gasteiger partial charge on any atom is 0.327 e. The van der Waals surface area contributed by atoms with Gasteiger partial charge < -0.3 is 14.4 Å². The fourth-order valence-corrected chi connectivity index (χ4v) is 3.53. The summed E-state index contributed by atoms with van der Waals surface area (Å²) in [5.74, 6) is -0.207. The molecule has 3 heterocycles. The van der Waals surface area contributed by atoms with Crippen molar-refractivity contribution in [2.24, 2.45) is 0 Å². The normalized spacial score (nSPS) is 28.4. The third kappa shape index (κ3) is 1.54. The van der Waals surface area contributed by atoms with Crippen LogP contribution < -0.4 is 0 Å². The second-order valence-corrected chi connectivity index (χ2v) is 5.26. The molecule has 0 aliphatic carbocycles. The number of β-lactam (4-membered cyclic amide) rings is 1. The lowest BCUT2D eigenvalue weighted by Crippen LogP contribution is -2.56. The first-order valence-corrected chi connectivity index (χ1v) is 6.43. The lowest BCUT2D eigenvalue weighted by molar-refractivity contribution is -0.150. The highest BCUT2D eigenvalue weighted by Gasteiger charge is 2.53. The monoisotopic (exact) mass is 266 g/mol. The average molecular weight is 266 g/mol. The lowest BCUT2D eigenvalue weighted by Gasteiger charge is -2.38. The zero-order valence-corrected chi connectivity index (χ0v) is 10.3. The van der Waals surface area contributed by atoms with E-state index in [-0.39, 0.29) is 11.3 Å². The Labute approximate surface area is 107 Å². The molecular weight excluding hydrogens is 256 g/mol. The topological polar surface area (TPSA) is 83.6 Å². The molecule has 2 saturated heterocycles. The molecule has 1 unspecified atom stereocenters. The van der Waals surface area contributed by atoms with Gasteiger partial charge in [-0.1, -0.05) is 0 Å². The van der Waals surface area contributed by atoms with Crippen molar-refractivity contribution in [2.45, 2.75) is 18.3 Å². The van der Waals surface area contributed by atoms with Crippen molar-refractivity contribution < 1.29 is 19.1 Å². The zero-order chi connectivity index (χ0) is 12.9. The van der Waals surface area contributed by atoms with Crippen molar-refractivity contribution in [3.8, 4) is 0 Å². The van der Waals surface area contributed by atoms with Gasteiger partial charge >= 0.3 is 5.97 Å². The number of carbonyl (C=O) groups is 2. The number of hydrogen-bond donors (Lipinski definition) is 1. The summed E-state index contributed by atoms with van der Waals surface area (Å²) in [6.07, 6.45) is 3.14. The number of aryl methyl sites for hydroxylation is 1. The molecule has 1 aromatic rings. The number of carboxylic acids is 1. The van der Waals surface area contributed by atoms with E-state index in [9.17, 15) is 9.59 Å². The number of carboxylic acid groups (broad SMARTS) is 1. The van der Waals surface area contributed by atoms with Crippen LogP contribution in [0.3, 0.4) is 0 Å². The molecule has 0 radical (unpaired) electrons. The number of fused-ring (bicyclic) bond motifs is 1. The Bertz CT molecular complexity index is 565. The van der Waals surface area contributed by atoms with E-state index in [0.717, 1.165) is 0 Å². The maximum atomic E-state index is 11.9. The van der Waals surface area contributed by atoms with Gasteiger partial charge in [-0.05, 0) is 6.08 Å². The van der Waals surface area contributed by atoms with E-state index < -0.39 is 12.0 Å². The molecule has 94 valence electrons. The summed E-state index contributed by atoms with van der Waals surface area (Å²) in [5, 5.41) is 8.82. The molecule has 0 bridgehead atoms. The third-order valence-electron chi connectivity index (χ3n) is 2.97. The first-order valence-electron chi connectivity index (χ1n) is 5.38. The predicted molar refractivity (Wildman–Crippen MR) is 63.7 cm³/mol. The summed E-state index contributed by atoms with van der Waals surface area (Å²) < 4.78 is 5.06. The van der Waals surface area contributed by atoms with Crippen LogP contribution in [0.1, 0.15) is 11.6 Å². The summed E-state index contributed by atoms with van der Waals surface area (Å²) in [6.45, 7) is 1.72. The Kier molecular flexibility index (Phi) is 2.44. The Hall–Kier alpha value is -1.76. The molecule has 3 rings (SSSR count). The van der Waals surface area contributed by atoms with Crippen molar-refractivity contribution in [2.75, 3.05) is 5.75 Å². The standard InChI is InChI=1S/C11H10N2O4S/c1-5-12-6(3-17-5)2-7-9(14)13-8(11(15)16)4-18-10(7)13/h2-3,8,10H,4H2,1H3,(H,15,16)/t8?,10-/m1/s1. The largest absolute Gasteiger partial charge is 0.480 e. The number of hydrogen-bond acceptors (Lipinski definition) is 5. The van der Waals surface area contributed by atoms with Gasteiger partial charge in [0.25, 0.3) is 5.91 Å². The fourth-order valence-electron chi connectivity index (χ4n) is 2.11. The van der Waals surface area contributed by atoms with Gasteiger partial charge in [-0.15, -0.1) is 11.8 Å². The van der Waals surface area contributed by atoms with Crippen LogP contribution in [-0.2, 0) is 9.59 Å². The highest BCUT2D eigenvalue weighted by molar-refractivity contribution is 8.00. The molecule has 0 saturated carbocycles. The summed E-state index contributed by atoms with van der Waals surface area (Å²) in [7, 11) is 0. The molecule has 2 fully saturated rings. The van der Waals surface area contributed by atoms with Crippen LogP contribution in [0.15, 0.2) is 16.3 Å². The fraction of sp³-hybridized carbons (Fsp3) is 0.364. The van der Waals surface area contributed by atoms with Gasteiger partial charge in [0, 0.05) is 12.7 Å². The van der Waals surface area contributed by atoms with Crippen LogP contribution in [0.4, 0.5) is 0 Å². The van der Waals surface area contributed by atoms with Gasteiger partial charge in [-0.2, -0.15) is 0 Å². The molecule has 1 amide bonds. The molecule has 2 aliphatic rings. The van der Waals surface area contributed by atoms with Gasteiger partial charge in [0.1, 0.15) is 23.4 Å². The quantitative estimate of drug-likeness (QED) is 0.627. The number of oxazole rings is 1. The van der Waals surface area contributed by atoms with Gasteiger partial charge in [-0.3, -0.25) is 4.79 Å². The zero-order valence-electron chi connectivity index (χ0n) is 9.49. The molecule has 7 heteroatoms. The van der Waals surface area contributed by atoms with Gasteiger partial charge in [0.15, 0.2) is 5.89 Å². The van der Waals surface area contributed by atoms with Crippen LogP contribution in [0.5, 0.6) is 0 Å². The molecule has 6 nitrogen and oxygen atoms in total. The van der Waals surface area contributed by atoms with Crippen LogP contribution in [-0.4, -0.2) is 44.0 Å². The molecule has 0 spiro atoms. The number of rotatable bonds is 2. The second kappa shape index (κ2) is 3.88. The van der Waals surface area contributed by atoms with E-state index in [1.807, 2.05) is 0 Å². The van der Waals surface area contributed by atoms with Crippen molar-refractivity contribution in [3.63, 3.8) is 0 Å². The number of aliphatic carboxylic acids is 1. The van der Waals surface area contributed by atoms with Gasteiger partial charge in [0.05, 0.1) is 5.57 Å². The van der Waals surface area contributed by atoms with E-state index >= 15 is 0 Å². The van der Waals surface area contributed by atoms with E-state index in [4.69, 9.17) is 9.52 Å². The predicted octanol–water partition coefficient (Wildman–Crippen LogP) is 0.735. The first kappa shape index (κ1) is 11.3. The third-order valence-corrected chi connectivity index (χ3v) is 4.28. The van der Waals surface area contributed by atoms with Crippen LogP contribution in [0.2, 0.25) is 0 Å². The minimum Gasteiger partial charge on any atom is -0.480 e.